The number of aromatic nitrogens is 3. The molecule has 2 aliphatic rings. The average Bonchev–Trinajstić information content (AvgIpc) is 3.14. The number of amides is 1. The van der Waals surface area contributed by atoms with E-state index in [1.165, 1.54) is 17.3 Å². The van der Waals surface area contributed by atoms with Crippen molar-refractivity contribution in [3.8, 4) is 0 Å². The van der Waals surface area contributed by atoms with Gasteiger partial charge in [-0.3, -0.25) is 4.79 Å². The molecule has 164 valence electrons. The van der Waals surface area contributed by atoms with Crippen molar-refractivity contribution in [3.05, 3.63) is 47.7 Å². The van der Waals surface area contributed by atoms with Crippen LogP contribution in [-0.4, -0.2) is 46.5 Å². The molecular weight excluding hydrogens is 404 g/mol. The van der Waals surface area contributed by atoms with Crippen molar-refractivity contribution in [2.24, 2.45) is 0 Å². The van der Waals surface area contributed by atoms with Crippen LogP contribution in [-0.2, 0) is 4.74 Å². The molecule has 2 aromatic rings. The van der Waals surface area contributed by atoms with Gasteiger partial charge in [0.25, 0.3) is 11.8 Å². The zero-order valence-corrected chi connectivity index (χ0v) is 17.6. The number of pyridine rings is 1. The van der Waals surface area contributed by atoms with Gasteiger partial charge in [0.05, 0.1) is 24.4 Å². The minimum absolute atomic E-state index is 0.140. The Balaban J connectivity index is 1.69. The summed E-state index contributed by atoms with van der Waals surface area (Å²) in [6.07, 6.45) is 7.92. The van der Waals surface area contributed by atoms with Gasteiger partial charge in [0.15, 0.2) is 5.82 Å². The molecule has 0 aliphatic carbocycles. The molecule has 0 unspecified atom stereocenters. The fraction of sp³-hybridized carbons (Fsp3) is 0.455. The van der Waals surface area contributed by atoms with Crippen molar-refractivity contribution in [1.82, 2.24) is 15.0 Å². The third-order valence-electron chi connectivity index (χ3n) is 5.29. The maximum absolute atomic E-state index is 13.9. The van der Waals surface area contributed by atoms with Crippen LogP contribution in [0.25, 0.3) is 5.76 Å². The Morgan fingerprint density at radius 1 is 1.26 bits per heavy atom. The van der Waals surface area contributed by atoms with E-state index in [0.717, 1.165) is 12.8 Å². The minimum atomic E-state index is -2.79. The Morgan fingerprint density at radius 3 is 2.65 bits per heavy atom. The molecule has 7 nitrogen and oxygen atoms in total. The van der Waals surface area contributed by atoms with Crippen molar-refractivity contribution in [2.75, 3.05) is 29.9 Å². The lowest BCUT2D eigenvalue weighted by atomic mass is 10.1. The van der Waals surface area contributed by atoms with E-state index in [-0.39, 0.29) is 24.4 Å². The lowest BCUT2D eigenvalue weighted by Crippen LogP contribution is -2.27. The van der Waals surface area contributed by atoms with Gasteiger partial charge in [-0.15, -0.1) is 0 Å². The number of nitrogens with one attached hydrogen (secondary N) is 1. The first-order chi connectivity index (χ1) is 14.8. The average molecular weight is 429 g/mol. The highest BCUT2D eigenvalue weighted by Crippen LogP contribution is 2.38. The first kappa shape index (κ1) is 21.1. The smallest absolute Gasteiger partial charge is 0.266 e. The number of carbonyl (C=O) groups excluding carboxylic acids is 1. The molecule has 4 rings (SSSR count). The van der Waals surface area contributed by atoms with Crippen LogP contribution in [0.2, 0.25) is 0 Å². The van der Waals surface area contributed by atoms with Crippen LogP contribution in [0, 0.1) is 0 Å². The fourth-order valence-corrected chi connectivity index (χ4v) is 3.62. The normalized spacial score (nSPS) is 18.0. The summed E-state index contributed by atoms with van der Waals surface area (Å²) >= 11 is 0. The number of allylic oxidation sites excluding steroid dienone is 1. The molecule has 0 bridgehead atoms. The summed E-state index contributed by atoms with van der Waals surface area (Å²) in [6, 6.07) is 1.73. The fourth-order valence-electron chi connectivity index (χ4n) is 3.62. The predicted molar refractivity (Wildman–Crippen MR) is 113 cm³/mol. The van der Waals surface area contributed by atoms with Gasteiger partial charge in [-0.25, -0.2) is 23.7 Å². The number of rotatable bonds is 5. The zero-order valence-electron chi connectivity index (χ0n) is 17.6. The molecule has 1 N–H and O–H groups in total. The summed E-state index contributed by atoms with van der Waals surface area (Å²) in [5.74, 6) is -1.53. The van der Waals surface area contributed by atoms with Crippen LogP contribution in [0.15, 0.2) is 30.7 Å². The van der Waals surface area contributed by atoms with Crippen LogP contribution in [0.4, 0.5) is 20.3 Å². The summed E-state index contributed by atoms with van der Waals surface area (Å²) < 4.78 is 33.6. The van der Waals surface area contributed by atoms with Gasteiger partial charge in [0, 0.05) is 43.0 Å². The topological polar surface area (TPSA) is 80.2 Å². The van der Waals surface area contributed by atoms with Gasteiger partial charge in [0.2, 0.25) is 0 Å². The molecule has 4 heterocycles. The van der Waals surface area contributed by atoms with Crippen LogP contribution in [0.3, 0.4) is 0 Å². The van der Waals surface area contributed by atoms with E-state index in [0.29, 0.717) is 35.3 Å². The Morgan fingerprint density at radius 2 is 2.03 bits per heavy atom. The number of nitrogens with zero attached hydrogens (tertiary/aromatic N) is 4. The van der Waals surface area contributed by atoms with E-state index in [4.69, 9.17) is 4.74 Å². The molecule has 0 saturated carbocycles. The van der Waals surface area contributed by atoms with Crippen molar-refractivity contribution in [2.45, 2.75) is 45.0 Å². The van der Waals surface area contributed by atoms with Gasteiger partial charge in [-0.2, -0.15) is 0 Å². The van der Waals surface area contributed by atoms with Crippen molar-refractivity contribution in [3.63, 3.8) is 0 Å². The molecule has 9 heteroatoms. The molecule has 0 aromatic carbocycles. The minimum Gasteiger partial charge on any atom is -0.493 e. The number of anilines is 2. The lowest BCUT2D eigenvalue weighted by Gasteiger charge is -2.24. The SMILES string of the molecule is CC(C)c1ncc(C(=O)Nc2c(C3=CCCCO3)ccnc2N2CCC(F)(F)C2)cn1. The summed E-state index contributed by atoms with van der Waals surface area (Å²) in [4.78, 5) is 27.3. The Bertz CT molecular complexity index is 992. The van der Waals surface area contributed by atoms with E-state index < -0.39 is 18.4 Å². The molecule has 2 aliphatic heterocycles. The van der Waals surface area contributed by atoms with E-state index in [2.05, 4.69) is 20.3 Å². The molecule has 0 spiro atoms. The van der Waals surface area contributed by atoms with Gasteiger partial charge in [0.1, 0.15) is 11.6 Å². The zero-order chi connectivity index (χ0) is 22.0. The highest BCUT2D eigenvalue weighted by Gasteiger charge is 2.40. The number of hydrogen-bond acceptors (Lipinski definition) is 6. The number of alkyl halides is 2. The number of ether oxygens (including phenoxy) is 1. The van der Waals surface area contributed by atoms with E-state index in [1.807, 2.05) is 19.9 Å². The molecular formula is C22H25F2N5O2. The first-order valence-corrected chi connectivity index (χ1v) is 10.4. The Kier molecular flexibility index (Phi) is 5.84. The highest BCUT2D eigenvalue weighted by molar-refractivity contribution is 6.07. The quantitative estimate of drug-likeness (QED) is 0.766. The van der Waals surface area contributed by atoms with Gasteiger partial charge in [-0.1, -0.05) is 13.8 Å². The van der Waals surface area contributed by atoms with Crippen molar-refractivity contribution in [1.29, 1.82) is 0 Å². The number of carbonyl (C=O) groups is 1. The second-order valence-corrected chi connectivity index (χ2v) is 8.08. The summed E-state index contributed by atoms with van der Waals surface area (Å²) in [5.41, 5.74) is 1.25. The third kappa shape index (κ3) is 4.65. The van der Waals surface area contributed by atoms with E-state index >= 15 is 0 Å². The predicted octanol–water partition coefficient (Wildman–Crippen LogP) is 4.24. The van der Waals surface area contributed by atoms with E-state index in [9.17, 15) is 13.6 Å². The molecule has 31 heavy (non-hydrogen) atoms. The first-order valence-electron chi connectivity index (χ1n) is 10.4. The molecule has 2 aromatic heterocycles. The van der Waals surface area contributed by atoms with E-state index in [1.54, 1.807) is 12.3 Å². The summed E-state index contributed by atoms with van der Waals surface area (Å²) in [7, 11) is 0. The van der Waals surface area contributed by atoms with Crippen LogP contribution >= 0.6 is 0 Å². The summed E-state index contributed by atoms with van der Waals surface area (Å²) in [6.45, 7) is 4.19. The Labute approximate surface area is 179 Å². The third-order valence-corrected chi connectivity index (χ3v) is 5.29. The van der Waals surface area contributed by atoms with Crippen LogP contribution in [0.1, 0.15) is 60.8 Å². The number of hydrogen-bond donors (Lipinski definition) is 1. The molecule has 1 saturated heterocycles. The van der Waals surface area contributed by atoms with Crippen LogP contribution < -0.4 is 10.2 Å². The molecule has 1 fully saturated rings. The van der Waals surface area contributed by atoms with Crippen molar-refractivity contribution >= 4 is 23.2 Å². The number of halogens is 2. The van der Waals surface area contributed by atoms with Gasteiger partial charge < -0.3 is 15.0 Å². The van der Waals surface area contributed by atoms with Gasteiger partial charge >= 0.3 is 0 Å². The monoisotopic (exact) mass is 429 g/mol. The maximum atomic E-state index is 13.9. The molecule has 0 radical (unpaired) electrons. The van der Waals surface area contributed by atoms with Crippen LogP contribution in [0.5, 0.6) is 0 Å². The maximum Gasteiger partial charge on any atom is 0.266 e. The van der Waals surface area contributed by atoms with Crippen molar-refractivity contribution < 1.29 is 18.3 Å². The van der Waals surface area contributed by atoms with Gasteiger partial charge in [-0.05, 0) is 25.0 Å². The standard InChI is InChI=1S/C22H25F2N5O2/c1-14(2)19-26-11-15(12-27-19)21(30)28-18-16(17-5-3-4-10-31-17)6-8-25-20(18)29-9-7-22(23,24)13-29/h5-6,8,11-12,14H,3-4,7,9-10,13H2,1-2H3,(H,28,30). The largest absolute Gasteiger partial charge is 0.493 e. The second kappa shape index (κ2) is 8.56. The highest BCUT2D eigenvalue weighted by atomic mass is 19.3. The molecule has 1 amide bonds. The summed E-state index contributed by atoms with van der Waals surface area (Å²) in [5, 5.41) is 2.86. The lowest BCUT2D eigenvalue weighted by molar-refractivity contribution is 0.0257. The molecule has 0 atom stereocenters. The second-order valence-electron chi connectivity index (χ2n) is 8.08. The Hall–Kier alpha value is -3.10.